The highest BCUT2D eigenvalue weighted by Gasteiger charge is 2.34. The van der Waals surface area contributed by atoms with E-state index in [-0.39, 0.29) is 31.0 Å². The number of nitrogens with one attached hydrogen (secondary N) is 3. The smallest absolute Gasteiger partial charge is 0.414 e. The van der Waals surface area contributed by atoms with Gasteiger partial charge >= 0.3 is 12.2 Å². The summed E-state index contributed by atoms with van der Waals surface area (Å²) in [5, 5.41) is 8.46. The lowest BCUT2D eigenvalue weighted by Gasteiger charge is -2.20. The van der Waals surface area contributed by atoms with Gasteiger partial charge < -0.3 is 30.3 Å². The number of aliphatic imine (C=N–C) groups is 1. The summed E-state index contributed by atoms with van der Waals surface area (Å²) in [7, 11) is 0. The summed E-state index contributed by atoms with van der Waals surface area (Å²) < 4.78 is 11.9. The van der Waals surface area contributed by atoms with Gasteiger partial charge in [-0.2, -0.15) is 0 Å². The summed E-state index contributed by atoms with van der Waals surface area (Å²) in [5.41, 5.74) is 5.70. The molecule has 2 atom stereocenters. The molecule has 4 aromatic rings. The van der Waals surface area contributed by atoms with Crippen LogP contribution < -0.4 is 30.7 Å². The van der Waals surface area contributed by atoms with Crippen LogP contribution in [0.4, 0.5) is 32.3 Å². The normalized spacial score (nSPS) is 16.3. The Kier molecular flexibility index (Phi) is 18.6. The molecule has 64 heavy (non-hydrogen) atoms. The first-order chi connectivity index (χ1) is 30.6. The van der Waals surface area contributed by atoms with Crippen molar-refractivity contribution in [1.29, 1.82) is 0 Å². The van der Waals surface area contributed by atoms with Gasteiger partial charge in [0, 0.05) is 35.8 Å². The van der Waals surface area contributed by atoms with E-state index in [9.17, 15) is 24.0 Å². The topological polar surface area (TPSA) is 162 Å². The zero-order valence-corrected chi connectivity index (χ0v) is 39.9. The first-order valence-corrected chi connectivity index (χ1v) is 23.2. The number of hydrogen-bond acceptors (Lipinski definition) is 12. The number of ether oxygens (including phenoxy) is 2. The van der Waals surface area contributed by atoms with Crippen LogP contribution in [-0.4, -0.2) is 93.1 Å². The monoisotopic (exact) mass is 969 g/mol. The second kappa shape index (κ2) is 24.1. The number of carbonyl (C=O) groups excluding carboxylic acids is 5. The Hall–Kier alpha value is -5.39. The maximum Gasteiger partial charge on any atom is 0.414 e. The molecule has 0 bridgehead atoms. The van der Waals surface area contributed by atoms with E-state index in [0.717, 1.165) is 60.2 Å². The molecule has 0 radical (unpaired) electrons. The molecule has 2 aromatic carbocycles. The minimum absolute atomic E-state index is 0.220. The number of anilines is 4. The molecule has 2 fully saturated rings. The van der Waals surface area contributed by atoms with Gasteiger partial charge in [-0.05, 0) is 131 Å². The van der Waals surface area contributed by atoms with Gasteiger partial charge in [0.25, 0.3) is 11.8 Å². The second-order valence-electron chi connectivity index (χ2n) is 15.0. The minimum atomic E-state index is -0.417. The average Bonchev–Trinajstić information content (AvgIpc) is 4.12. The molecule has 0 saturated carbocycles. The summed E-state index contributed by atoms with van der Waals surface area (Å²) in [4.78, 5) is 69.6. The van der Waals surface area contributed by atoms with Crippen molar-refractivity contribution in [2.24, 2.45) is 4.99 Å². The lowest BCUT2D eigenvalue weighted by atomic mass is 10.2. The van der Waals surface area contributed by atoms with Crippen LogP contribution in [0.2, 0.25) is 8.67 Å². The number of carbonyl (C=O) groups is 5. The van der Waals surface area contributed by atoms with Crippen LogP contribution in [-0.2, 0) is 14.3 Å². The Balaban J connectivity index is 0.000000212. The van der Waals surface area contributed by atoms with E-state index in [2.05, 4.69) is 52.7 Å². The zero-order valence-electron chi connectivity index (χ0n) is 36.0. The van der Waals surface area contributed by atoms with Crippen molar-refractivity contribution >= 4 is 115 Å². The van der Waals surface area contributed by atoms with E-state index < -0.39 is 23.5 Å². The Morgan fingerprint density at radius 1 is 0.719 bits per heavy atom. The standard InChI is InChI=1S/C22H23ClN4O3S.C18H20ClN3O3S.C5H7ClO/c1-14(2)11-20-24-9-10-26(20)15-3-5-16(6-4-15)27-13-17(30-22(27)29)12-25-21(28)18-7-8-19(23)31-18;1-2-9-20-12-3-5-13(6-4-12)22-11-14(25-18(22)24)10-21-17(23)15-7-8-16(19)26-15;1-4(2)3-5(6)7/h3-8,11,17H,9-10,12-13H2,1-2H3,(H,25,28);3-8,14,20H,2,9-11H2,1H3,(H,21,23);3H,1-2H3/t17-;14-;/m00./s1. The van der Waals surface area contributed by atoms with Crippen molar-refractivity contribution in [3.05, 3.63) is 115 Å². The van der Waals surface area contributed by atoms with E-state index >= 15 is 0 Å². The summed E-state index contributed by atoms with van der Waals surface area (Å²) in [5.74, 6) is 0.508. The number of hydrogen-bond donors (Lipinski definition) is 3. The van der Waals surface area contributed by atoms with Crippen molar-refractivity contribution < 1.29 is 33.4 Å². The number of thiophene rings is 2. The minimum Gasteiger partial charge on any atom is -0.442 e. The summed E-state index contributed by atoms with van der Waals surface area (Å²) in [6.07, 6.45) is 2.87. The third-order valence-electron chi connectivity index (χ3n) is 9.25. The summed E-state index contributed by atoms with van der Waals surface area (Å²) >= 11 is 19.1. The van der Waals surface area contributed by atoms with Crippen molar-refractivity contribution in [2.75, 3.05) is 65.8 Å². The molecule has 340 valence electrons. The Bertz CT molecular complexity index is 2360. The SMILES string of the molecule is CC(C)=CC(=O)Cl.CC(C)=CC1=NCCN1c1ccc(N2C[C@H](CNC(=O)c3ccc(Cl)s3)OC2=O)cc1.CCCNc1ccc(N2C[C@H](CNC(=O)c3ccc(Cl)s3)OC2=O)cc1. The second-order valence-corrected chi connectivity index (χ2v) is 18.8. The van der Waals surface area contributed by atoms with E-state index in [0.29, 0.717) is 31.5 Å². The van der Waals surface area contributed by atoms with Crippen LogP contribution in [0.25, 0.3) is 0 Å². The molecule has 3 aliphatic rings. The van der Waals surface area contributed by atoms with E-state index in [1.54, 1.807) is 34.1 Å². The molecule has 19 heteroatoms. The highest BCUT2D eigenvalue weighted by molar-refractivity contribution is 7.18. The van der Waals surface area contributed by atoms with Crippen LogP contribution in [0.5, 0.6) is 0 Å². The summed E-state index contributed by atoms with van der Waals surface area (Å²) in [6, 6.07) is 22.1. The molecule has 0 aliphatic carbocycles. The lowest BCUT2D eigenvalue weighted by Crippen LogP contribution is -2.34. The number of rotatable bonds is 14. The molecular formula is C45H50Cl3N7O7S2. The Morgan fingerprint density at radius 2 is 1.19 bits per heavy atom. The molecule has 5 heterocycles. The molecule has 0 unspecified atom stereocenters. The molecule has 4 amide bonds. The Labute approximate surface area is 395 Å². The summed E-state index contributed by atoms with van der Waals surface area (Å²) in [6.45, 7) is 13.6. The van der Waals surface area contributed by atoms with Crippen LogP contribution in [0, 0.1) is 0 Å². The van der Waals surface area contributed by atoms with E-state index in [4.69, 9.17) is 44.3 Å². The van der Waals surface area contributed by atoms with Gasteiger partial charge in [0.2, 0.25) is 5.24 Å². The Morgan fingerprint density at radius 3 is 1.58 bits per heavy atom. The highest BCUT2D eigenvalue weighted by Crippen LogP contribution is 2.28. The van der Waals surface area contributed by atoms with Gasteiger partial charge in [0.05, 0.1) is 51.2 Å². The van der Waals surface area contributed by atoms with Crippen molar-refractivity contribution in [3.8, 4) is 0 Å². The number of allylic oxidation sites excluding steroid dienone is 3. The molecule has 3 aliphatic heterocycles. The van der Waals surface area contributed by atoms with Gasteiger partial charge in [-0.25, -0.2) is 9.59 Å². The number of nitrogens with zero attached hydrogens (tertiary/aromatic N) is 4. The predicted octanol–water partition coefficient (Wildman–Crippen LogP) is 10.0. The number of amidine groups is 1. The van der Waals surface area contributed by atoms with Crippen LogP contribution in [0.1, 0.15) is 60.4 Å². The largest absolute Gasteiger partial charge is 0.442 e. The maximum absolute atomic E-state index is 12.4. The molecule has 0 spiro atoms. The van der Waals surface area contributed by atoms with Crippen molar-refractivity contribution in [2.45, 2.75) is 53.2 Å². The number of benzene rings is 2. The molecule has 2 aromatic heterocycles. The molecule has 3 N–H and O–H groups in total. The van der Waals surface area contributed by atoms with Crippen molar-refractivity contribution in [3.63, 3.8) is 0 Å². The molecule has 2 saturated heterocycles. The van der Waals surface area contributed by atoms with Gasteiger partial charge in [-0.3, -0.25) is 29.2 Å². The van der Waals surface area contributed by atoms with Gasteiger partial charge in [0.1, 0.15) is 18.0 Å². The van der Waals surface area contributed by atoms with Crippen LogP contribution in [0.15, 0.2) is 101 Å². The van der Waals surface area contributed by atoms with Crippen molar-refractivity contribution in [1.82, 2.24) is 10.6 Å². The highest BCUT2D eigenvalue weighted by atomic mass is 35.5. The number of halogens is 3. The number of amides is 4. The molecule has 14 nitrogen and oxygen atoms in total. The average molecular weight is 971 g/mol. The third-order valence-corrected chi connectivity index (χ3v) is 11.8. The van der Waals surface area contributed by atoms with E-state index in [1.807, 2.05) is 62.4 Å². The molecular weight excluding hydrogens is 921 g/mol. The lowest BCUT2D eigenvalue weighted by molar-refractivity contribution is -0.107. The molecule has 7 rings (SSSR count). The van der Waals surface area contributed by atoms with E-state index in [1.165, 1.54) is 34.3 Å². The quantitative estimate of drug-likeness (QED) is 0.0825. The van der Waals surface area contributed by atoms with Gasteiger partial charge in [0.15, 0.2) is 0 Å². The van der Waals surface area contributed by atoms with Crippen LogP contribution >= 0.6 is 57.5 Å². The first-order valence-electron chi connectivity index (χ1n) is 20.4. The number of cyclic esters (lactones) is 2. The fourth-order valence-corrected chi connectivity index (χ4v) is 8.45. The first kappa shape index (κ1) is 49.6. The van der Waals surface area contributed by atoms with Gasteiger partial charge in [-0.15, -0.1) is 22.7 Å². The predicted molar refractivity (Wildman–Crippen MR) is 260 cm³/mol. The van der Waals surface area contributed by atoms with Gasteiger partial charge in [-0.1, -0.05) is 41.3 Å². The maximum atomic E-state index is 12.4. The fourth-order valence-electron chi connectivity index (χ4n) is 6.31. The zero-order chi connectivity index (χ0) is 46.3. The third kappa shape index (κ3) is 14.8. The fraction of sp³-hybridized carbons (Fsp3) is 0.333. The van der Waals surface area contributed by atoms with Crippen LogP contribution in [0.3, 0.4) is 0 Å².